The Morgan fingerprint density at radius 1 is 0.577 bits per heavy atom. The molecule has 2 aromatic carbocycles. The van der Waals surface area contributed by atoms with Crippen LogP contribution < -0.4 is 0 Å². The van der Waals surface area contributed by atoms with Crippen LogP contribution in [0.25, 0.3) is 0 Å². The summed E-state index contributed by atoms with van der Waals surface area (Å²) in [5.41, 5.74) is 4.26. The van der Waals surface area contributed by atoms with E-state index in [1.165, 1.54) is 11.1 Å². The van der Waals surface area contributed by atoms with E-state index in [1.54, 1.807) is 0 Å². The molecule has 0 saturated carbocycles. The van der Waals surface area contributed by atoms with Gasteiger partial charge in [-0.15, -0.1) is 0 Å². The minimum Gasteiger partial charge on any atom is -0.410 e. The third kappa shape index (κ3) is 4.31. The Morgan fingerprint density at radius 3 is 1.04 bits per heavy atom. The highest BCUT2D eigenvalue weighted by Gasteiger charge is 2.19. The van der Waals surface area contributed by atoms with Crippen molar-refractivity contribution in [1.82, 2.24) is 0 Å². The molecule has 0 aliphatic rings. The Hall–Kier alpha value is -2.62. The first kappa shape index (κ1) is 19.7. The average Bonchev–Trinajstić information content (AvgIpc) is 2.58. The van der Waals surface area contributed by atoms with Gasteiger partial charge in [0.15, 0.2) is 0 Å². The molecule has 26 heavy (non-hydrogen) atoms. The molecule has 4 heteroatoms. The SMILES string of the molecule is CC(C)(C)c1ccc(C(=N/O)/C(=N/O)c2ccc(C(C)(C)C)cc2)cc1. The first-order valence-electron chi connectivity index (χ1n) is 8.74. The Kier molecular flexibility index (Phi) is 5.55. The van der Waals surface area contributed by atoms with Gasteiger partial charge in [0.25, 0.3) is 0 Å². The number of hydrogen-bond donors (Lipinski definition) is 2. The summed E-state index contributed by atoms with van der Waals surface area (Å²) < 4.78 is 0. The third-order valence-electron chi connectivity index (χ3n) is 4.47. The maximum absolute atomic E-state index is 9.55. The van der Waals surface area contributed by atoms with E-state index in [1.807, 2.05) is 48.5 Å². The lowest BCUT2D eigenvalue weighted by Crippen LogP contribution is -2.19. The number of nitrogens with zero attached hydrogens (tertiary/aromatic N) is 2. The van der Waals surface area contributed by atoms with Crippen molar-refractivity contribution in [1.29, 1.82) is 0 Å². The van der Waals surface area contributed by atoms with Gasteiger partial charge in [-0.2, -0.15) is 0 Å². The van der Waals surface area contributed by atoms with Crippen LogP contribution in [-0.4, -0.2) is 21.8 Å². The molecule has 0 aliphatic heterocycles. The summed E-state index contributed by atoms with van der Waals surface area (Å²) in [7, 11) is 0. The lowest BCUT2D eigenvalue weighted by molar-refractivity contribution is 0.314. The zero-order valence-electron chi connectivity index (χ0n) is 16.4. The Bertz CT molecular complexity index is 732. The molecule has 0 saturated heterocycles. The van der Waals surface area contributed by atoms with Gasteiger partial charge in [0.1, 0.15) is 11.4 Å². The summed E-state index contributed by atoms with van der Waals surface area (Å²) in [6, 6.07) is 15.5. The van der Waals surface area contributed by atoms with Gasteiger partial charge < -0.3 is 10.4 Å². The van der Waals surface area contributed by atoms with Gasteiger partial charge in [-0.3, -0.25) is 0 Å². The van der Waals surface area contributed by atoms with Gasteiger partial charge >= 0.3 is 0 Å². The van der Waals surface area contributed by atoms with E-state index in [4.69, 9.17) is 0 Å². The van der Waals surface area contributed by atoms with E-state index in [2.05, 4.69) is 51.9 Å². The van der Waals surface area contributed by atoms with Gasteiger partial charge in [0.05, 0.1) is 0 Å². The molecule has 0 unspecified atom stereocenters. The molecule has 138 valence electrons. The Balaban J connectivity index is 2.39. The van der Waals surface area contributed by atoms with Crippen LogP contribution in [0.2, 0.25) is 0 Å². The summed E-state index contributed by atoms with van der Waals surface area (Å²) in [4.78, 5) is 0. The van der Waals surface area contributed by atoms with Crippen molar-refractivity contribution < 1.29 is 10.4 Å². The summed E-state index contributed by atoms with van der Waals surface area (Å²) in [6.07, 6.45) is 0. The smallest absolute Gasteiger partial charge is 0.139 e. The van der Waals surface area contributed by atoms with Gasteiger partial charge in [-0.25, -0.2) is 0 Å². The molecule has 0 spiro atoms. The van der Waals surface area contributed by atoms with E-state index in [9.17, 15) is 10.4 Å². The molecular formula is C22H28N2O2. The second-order valence-electron chi connectivity index (χ2n) is 8.55. The predicted molar refractivity (Wildman–Crippen MR) is 107 cm³/mol. The molecule has 0 aromatic heterocycles. The van der Waals surface area contributed by atoms with E-state index < -0.39 is 0 Å². The normalized spacial score (nSPS) is 13.8. The zero-order valence-corrected chi connectivity index (χ0v) is 16.4. The fourth-order valence-electron chi connectivity index (χ4n) is 2.74. The van der Waals surface area contributed by atoms with Crippen LogP contribution in [0, 0.1) is 0 Å². The van der Waals surface area contributed by atoms with Crippen LogP contribution in [0.4, 0.5) is 0 Å². The maximum atomic E-state index is 9.55. The fourth-order valence-corrected chi connectivity index (χ4v) is 2.74. The molecule has 2 N–H and O–H groups in total. The molecule has 0 atom stereocenters. The van der Waals surface area contributed by atoms with Crippen LogP contribution in [0.1, 0.15) is 63.8 Å². The van der Waals surface area contributed by atoms with E-state index in [0.29, 0.717) is 11.1 Å². The van der Waals surface area contributed by atoms with Crippen molar-refractivity contribution in [3.63, 3.8) is 0 Å². The second kappa shape index (κ2) is 7.32. The van der Waals surface area contributed by atoms with Crippen molar-refractivity contribution in [3.8, 4) is 0 Å². The number of benzene rings is 2. The highest BCUT2D eigenvalue weighted by molar-refractivity contribution is 6.53. The highest BCUT2D eigenvalue weighted by atomic mass is 16.4. The van der Waals surface area contributed by atoms with Crippen LogP contribution in [0.3, 0.4) is 0 Å². The maximum Gasteiger partial charge on any atom is 0.139 e. The molecule has 0 heterocycles. The van der Waals surface area contributed by atoms with E-state index in [0.717, 1.165) is 0 Å². The number of hydrogen-bond acceptors (Lipinski definition) is 4. The van der Waals surface area contributed by atoms with Crippen molar-refractivity contribution >= 4 is 11.4 Å². The van der Waals surface area contributed by atoms with Crippen LogP contribution in [0.15, 0.2) is 58.8 Å². The monoisotopic (exact) mass is 352 g/mol. The van der Waals surface area contributed by atoms with Gasteiger partial charge in [-0.1, -0.05) is 100 Å². The molecule has 2 aromatic rings. The Labute approximate surface area is 155 Å². The van der Waals surface area contributed by atoms with Crippen molar-refractivity contribution in [2.75, 3.05) is 0 Å². The molecular weight excluding hydrogens is 324 g/mol. The summed E-state index contributed by atoms with van der Waals surface area (Å²) in [5, 5.41) is 25.9. The van der Waals surface area contributed by atoms with Gasteiger partial charge in [0, 0.05) is 11.1 Å². The molecule has 0 aliphatic carbocycles. The summed E-state index contributed by atoms with van der Waals surface area (Å²) in [5.74, 6) is 0. The van der Waals surface area contributed by atoms with Crippen molar-refractivity contribution in [3.05, 3.63) is 70.8 Å². The van der Waals surface area contributed by atoms with E-state index in [-0.39, 0.29) is 22.3 Å². The standard InChI is InChI=1S/C22H28N2O2/c1-21(2,3)17-11-7-15(8-12-17)19(23-25)20(24-26)16-9-13-18(14-10-16)22(4,5)6/h7-14,25-26H,1-6H3/b23-19-,24-20+. The third-order valence-corrected chi connectivity index (χ3v) is 4.47. The number of rotatable bonds is 3. The fraction of sp³-hybridized carbons (Fsp3) is 0.364. The first-order valence-corrected chi connectivity index (χ1v) is 8.74. The first-order chi connectivity index (χ1) is 12.1. The Morgan fingerprint density at radius 2 is 0.846 bits per heavy atom. The minimum atomic E-state index is 0.0335. The quantitative estimate of drug-likeness (QED) is 0.445. The molecule has 0 bridgehead atoms. The van der Waals surface area contributed by atoms with E-state index >= 15 is 0 Å². The largest absolute Gasteiger partial charge is 0.410 e. The average molecular weight is 352 g/mol. The van der Waals surface area contributed by atoms with Gasteiger partial charge in [-0.05, 0) is 22.0 Å². The van der Waals surface area contributed by atoms with Crippen LogP contribution in [-0.2, 0) is 10.8 Å². The van der Waals surface area contributed by atoms with Crippen LogP contribution >= 0.6 is 0 Å². The zero-order chi connectivity index (χ0) is 19.5. The van der Waals surface area contributed by atoms with Crippen molar-refractivity contribution in [2.45, 2.75) is 52.4 Å². The molecule has 4 nitrogen and oxygen atoms in total. The summed E-state index contributed by atoms with van der Waals surface area (Å²) in [6.45, 7) is 12.8. The highest BCUT2D eigenvalue weighted by Crippen LogP contribution is 2.24. The van der Waals surface area contributed by atoms with Crippen molar-refractivity contribution in [2.24, 2.45) is 10.3 Å². The number of oxime groups is 2. The molecule has 0 amide bonds. The lowest BCUT2D eigenvalue weighted by Gasteiger charge is -2.20. The van der Waals surface area contributed by atoms with Gasteiger partial charge in [0.2, 0.25) is 0 Å². The second-order valence-corrected chi connectivity index (χ2v) is 8.55. The minimum absolute atomic E-state index is 0.0335. The predicted octanol–water partition coefficient (Wildman–Crippen LogP) is 5.34. The lowest BCUT2D eigenvalue weighted by atomic mass is 9.85. The van der Waals surface area contributed by atoms with Crippen LogP contribution in [0.5, 0.6) is 0 Å². The molecule has 0 radical (unpaired) electrons. The summed E-state index contributed by atoms with van der Waals surface area (Å²) >= 11 is 0. The molecule has 2 rings (SSSR count). The topological polar surface area (TPSA) is 65.2 Å². The molecule has 0 fully saturated rings.